The number of carbonyl (C=O) groups is 1. The molecule has 0 aliphatic heterocycles. The Balaban J connectivity index is 3.15. The van der Waals surface area contributed by atoms with Crippen molar-refractivity contribution in [2.24, 2.45) is 22.2 Å². The maximum Gasteiger partial charge on any atom is 0.190 e. The molecule has 0 aliphatic rings. The predicted octanol–water partition coefficient (Wildman–Crippen LogP) is 1.57. The van der Waals surface area contributed by atoms with Crippen LogP contribution < -0.4 is 17.2 Å². The summed E-state index contributed by atoms with van der Waals surface area (Å²) < 4.78 is 1.50. The number of halogens is 2. The van der Waals surface area contributed by atoms with Crippen molar-refractivity contribution < 1.29 is 4.79 Å². The van der Waals surface area contributed by atoms with Gasteiger partial charge >= 0.3 is 0 Å². The van der Waals surface area contributed by atoms with Crippen LogP contribution in [0.5, 0.6) is 0 Å². The molecule has 1 atom stereocenters. The Morgan fingerprint density at radius 1 is 1.42 bits per heavy atom. The summed E-state index contributed by atoms with van der Waals surface area (Å²) in [6.07, 6.45) is 4.75. The van der Waals surface area contributed by atoms with Crippen LogP contribution in [0.3, 0.4) is 0 Å². The normalized spacial score (nSPS) is 12.6. The Labute approximate surface area is 127 Å². The maximum absolute atomic E-state index is 11.1. The number of nitrogens with one attached hydrogen (secondary N) is 1. The van der Waals surface area contributed by atoms with E-state index in [0.717, 1.165) is 16.3 Å². The molecule has 1 aromatic rings. The number of rotatable bonds is 6. The first kappa shape index (κ1) is 15.9. The lowest BCUT2D eigenvalue weighted by Crippen LogP contribution is -2.21. The molecule has 0 fully saturated rings. The van der Waals surface area contributed by atoms with Gasteiger partial charge in [0.05, 0.1) is 14.8 Å². The molecular formula is C11H15Br2N5O. The Bertz CT molecular complexity index is 505. The van der Waals surface area contributed by atoms with Crippen molar-refractivity contribution in [3.05, 3.63) is 32.6 Å². The number of aliphatic imine (C=N–C) groups is 1. The number of allylic oxidation sites excluding steroid dienone is 1. The minimum atomic E-state index is -0.0646. The molecule has 0 aliphatic carbocycles. The van der Waals surface area contributed by atoms with Gasteiger partial charge in [0.15, 0.2) is 12.2 Å². The predicted molar refractivity (Wildman–Crippen MR) is 82.9 cm³/mol. The Morgan fingerprint density at radius 3 is 2.63 bits per heavy atom. The van der Waals surface area contributed by atoms with Crippen molar-refractivity contribution >= 4 is 44.1 Å². The van der Waals surface area contributed by atoms with Gasteiger partial charge in [-0.15, -0.1) is 0 Å². The van der Waals surface area contributed by atoms with E-state index in [-0.39, 0.29) is 11.9 Å². The number of carbonyl (C=O) groups excluding carboxylic acids is 1. The Kier molecular flexibility index (Phi) is 6.26. The van der Waals surface area contributed by atoms with Gasteiger partial charge in [-0.3, -0.25) is 4.79 Å². The highest BCUT2D eigenvalue weighted by Gasteiger charge is 2.20. The third-order valence-electron chi connectivity index (χ3n) is 2.47. The summed E-state index contributed by atoms with van der Waals surface area (Å²) in [6, 6.07) is 0. The van der Waals surface area contributed by atoms with Crippen LogP contribution >= 0.6 is 31.9 Å². The van der Waals surface area contributed by atoms with Gasteiger partial charge in [0.25, 0.3) is 0 Å². The first-order valence-corrected chi connectivity index (χ1v) is 7.07. The van der Waals surface area contributed by atoms with E-state index in [9.17, 15) is 4.79 Å². The molecule has 7 N–H and O–H groups in total. The number of hydrogen-bond donors (Lipinski definition) is 4. The van der Waals surface area contributed by atoms with Gasteiger partial charge in [-0.05, 0) is 44.8 Å². The summed E-state index contributed by atoms with van der Waals surface area (Å²) in [6.45, 7) is 0.477. The highest BCUT2D eigenvalue weighted by Crippen LogP contribution is 2.36. The summed E-state index contributed by atoms with van der Waals surface area (Å²) in [5.41, 5.74) is 17.4. The molecule has 0 radical (unpaired) electrons. The van der Waals surface area contributed by atoms with Crippen molar-refractivity contribution in [1.29, 1.82) is 0 Å². The van der Waals surface area contributed by atoms with Crippen LogP contribution in [-0.2, 0) is 0 Å². The number of aromatic nitrogens is 1. The van der Waals surface area contributed by atoms with E-state index < -0.39 is 0 Å². The summed E-state index contributed by atoms with van der Waals surface area (Å²) in [5.74, 6) is -0.0853. The molecule has 19 heavy (non-hydrogen) atoms. The van der Waals surface area contributed by atoms with E-state index >= 15 is 0 Å². The molecule has 0 saturated carbocycles. The van der Waals surface area contributed by atoms with Gasteiger partial charge in [-0.2, -0.15) is 0 Å². The molecule has 0 amide bonds. The zero-order chi connectivity index (χ0) is 14.4. The average Bonchev–Trinajstić information content (AvgIpc) is 2.64. The van der Waals surface area contributed by atoms with Crippen LogP contribution in [0.25, 0.3) is 0 Å². The Morgan fingerprint density at radius 2 is 2.11 bits per heavy atom. The van der Waals surface area contributed by atoms with E-state index in [4.69, 9.17) is 17.2 Å². The van der Waals surface area contributed by atoms with Crippen molar-refractivity contribution in [3.8, 4) is 0 Å². The molecular weight excluding hydrogens is 378 g/mol. The second kappa shape index (κ2) is 7.46. The topological polar surface area (TPSA) is 123 Å². The number of H-pyrrole nitrogens is 1. The summed E-state index contributed by atoms with van der Waals surface area (Å²) >= 11 is 6.77. The lowest BCUT2D eigenvalue weighted by molar-refractivity contribution is 0.111. The largest absolute Gasteiger partial charge is 0.370 e. The molecule has 0 aromatic carbocycles. The molecule has 1 rings (SSSR count). The van der Waals surface area contributed by atoms with E-state index in [2.05, 4.69) is 41.8 Å². The smallest absolute Gasteiger partial charge is 0.190 e. The summed E-state index contributed by atoms with van der Waals surface area (Å²) in [4.78, 5) is 17.8. The van der Waals surface area contributed by atoms with Crippen LogP contribution in [0.2, 0.25) is 0 Å². The van der Waals surface area contributed by atoms with Crippen molar-refractivity contribution in [3.63, 3.8) is 0 Å². The van der Waals surface area contributed by atoms with Crippen LogP contribution in [0.4, 0.5) is 0 Å². The highest BCUT2D eigenvalue weighted by molar-refractivity contribution is 9.13. The number of nitrogens with zero attached hydrogens (tertiary/aromatic N) is 1. The minimum Gasteiger partial charge on any atom is -0.370 e. The van der Waals surface area contributed by atoms with Crippen LogP contribution in [0, 0.1) is 0 Å². The lowest BCUT2D eigenvalue weighted by atomic mass is 9.96. The fourth-order valence-corrected chi connectivity index (χ4v) is 2.72. The van der Waals surface area contributed by atoms with Gasteiger partial charge in [-0.1, -0.05) is 6.08 Å². The zero-order valence-corrected chi connectivity index (χ0v) is 13.2. The molecule has 8 heteroatoms. The maximum atomic E-state index is 11.1. The van der Waals surface area contributed by atoms with Gasteiger partial charge in [0.1, 0.15) is 0 Å². The SMILES string of the molecule is NCCC(/C=C/N=C(N)N)c1c(C=O)[nH]c(Br)c1Br. The van der Waals surface area contributed by atoms with Crippen molar-refractivity contribution in [2.75, 3.05) is 6.54 Å². The van der Waals surface area contributed by atoms with E-state index in [1.807, 2.05) is 0 Å². The second-order valence-corrected chi connectivity index (χ2v) is 5.36. The molecule has 1 aromatic heterocycles. The van der Waals surface area contributed by atoms with Gasteiger partial charge in [0, 0.05) is 17.7 Å². The molecule has 1 heterocycles. The third kappa shape index (κ3) is 4.19. The molecule has 0 bridgehead atoms. The van der Waals surface area contributed by atoms with Crippen LogP contribution in [0.15, 0.2) is 26.3 Å². The van der Waals surface area contributed by atoms with Gasteiger partial charge in [0.2, 0.25) is 0 Å². The highest BCUT2D eigenvalue weighted by atomic mass is 79.9. The zero-order valence-electron chi connectivity index (χ0n) is 10.1. The summed E-state index contributed by atoms with van der Waals surface area (Å²) in [5, 5.41) is 0. The second-order valence-electron chi connectivity index (χ2n) is 3.78. The monoisotopic (exact) mass is 391 g/mol. The fraction of sp³-hybridized carbons (Fsp3) is 0.273. The summed E-state index contributed by atoms with van der Waals surface area (Å²) in [7, 11) is 0. The number of nitrogens with two attached hydrogens (primary N) is 3. The Hall–Kier alpha value is -1.12. The average molecular weight is 393 g/mol. The number of guanidine groups is 1. The first-order chi connectivity index (χ1) is 9.01. The number of aromatic amines is 1. The van der Waals surface area contributed by atoms with E-state index in [1.54, 1.807) is 6.08 Å². The lowest BCUT2D eigenvalue weighted by Gasteiger charge is -2.11. The molecule has 0 spiro atoms. The number of aldehydes is 1. The van der Waals surface area contributed by atoms with Crippen LogP contribution in [0.1, 0.15) is 28.4 Å². The fourth-order valence-electron chi connectivity index (χ4n) is 1.68. The van der Waals surface area contributed by atoms with Crippen LogP contribution in [-0.4, -0.2) is 23.8 Å². The molecule has 104 valence electrons. The van der Waals surface area contributed by atoms with Gasteiger partial charge < -0.3 is 22.2 Å². The van der Waals surface area contributed by atoms with E-state index in [1.165, 1.54) is 6.20 Å². The van der Waals surface area contributed by atoms with E-state index in [0.29, 0.717) is 23.3 Å². The minimum absolute atomic E-state index is 0.0207. The molecule has 0 saturated heterocycles. The van der Waals surface area contributed by atoms with Gasteiger partial charge in [-0.25, -0.2) is 4.99 Å². The van der Waals surface area contributed by atoms with Crippen molar-refractivity contribution in [2.45, 2.75) is 12.3 Å². The molecule has 6 nitrogen and oxygen atoms in total. The number of hydrogen-bond acceptors (Lipinski definition) is 3. The molecule has 1 unspecified atom stereocenters. The quantitative estimate of drug-likeness (QED) is 0.333. The third-order valence-corrected chi connectivity index (χ3v) is 4.42. The standard InChI is InChI=1S/C11H15Br2N5O/c12-9-8(7(5-19)18-10(9)13)6(1-3-14)2-4-17-11(15)16/h2,4-6,18H,1,3,14H2,(H4,15,16,17)/b4-2+. The first-order valence-electron chi connectivity index (χ1n) is 5.48. The van der Waals surface area contributed by atoms with Crippen molar-refractivity contribution in [1.82, 2.24) is 4.98 Å².